The maximum Gasteiger partial charge on any atom is 0.126 e. The lowest BCUT2D eigenvalue weighted by molar-refractivity contribution is 0.185. The summed E-state index contributed by atoms with van der Waals surface area (Å²) in [7, 11) is 0. The normalized spacial score (nSPS) is 20.0. The summed E-state index contributed by atoms with van der Waals surface area (Å²) in [6, 6.07) is 4.03. The number of halogens is 1. The van der Waals surface area contributed by atoms with Crippen molar-refractivity contribution < 1.29 is 4.74 Å². The van der Waals surface area contributed by atoms with Crippen LogP contribution in [-0.2, 0) is 4.74 Å². The largest absolute Gasteiger partial charge is 0.381 e. The van der Waals surface area contributed by atoms with Gasteiger partial charge in [-0.3, -0.25) is 0 Å². The summed E-state index contributed by atoms with van der Waals surface area (Å²) in [6.45, 7) is 4.83. The van der Waals surface area contributed by atoms with Crippen LogP contribution >= 0.6 is 15.9 Å². The molecular formula is C12H17BrN2O. The molecule has 1 atom stereocenters. The number of aryl methyl sites for hydroxylation is 1. The van der Waals surface area contributed by atoms with E-state index in [1.165, 1.54) is 6.42 Å². The van der Waals surface area contributed by atoms with E-state index < -0.39 is 0 Å². The lowest BCUT2D eigenvalue weighted by Gasteiger charge is -2.10. The number of nitrogens with zero attached hydrogens (tertiary/aromatic N) is 1. The van der Waals surface area contributed by atoms with Crippen LogP contribution in [0.25, 0.3) is 0 Å². The molecule has 0 bridgehead atoms. The molecule has 1 saturated heterocycles. The van der Waals surface area contributed by atoms with Crippen LogP contribution in [-0.4, -0.2) is 24.7 Å². The molecule has 0 spiro atoms. The first-order valence-corrected chi connectivity index (χ1v) is 6.50. The van der Waals surface area contributed by atoms with Gasteiger partial charge in [0.05, 0.1) is 5.69 Å². The molecule has 1 aliphatic rings. The van der Waals surface area contributed by atoms with Gasteiger partial charge in [-0.1, -0.05) is 0 Å². The molecule has 0 aliphatic carbocycles. The van der Waals surface area contributed by atoms with Gasteiger partial charge in [0.1, 0.15) is 5.82 Å². The summed E-state index contributed by atoms with van der Waals surface area (Å²) in [6.07, 6.45) is 2.37. The van der Waals surface area contributed by atoms with Crippen LogP contribution in [0.1, 0.15) is 18.5 Å². The molecule has 1 unspecified atom stereocenters. The number of hydrogen-bond acceptors (Lipinski definition) is 3. The van der Waals surface area contributed by atoms with E-state index in [2.05, 4.69) is 26.2 Å². The highest BCUT2D eigenvalue weighted by Gasteiger charge is 2.14. The average Bonchev–Trinajstić information content (AvgIpc) is 2.76. The number of pyridine rings is 1. The maximum absolute atomic E-state index is 5.35. The van der Waals surface area contributed by atoms with Gasteiger partial charge in [-0.25, -0.2) is 4.98 Å². The van der Waals surface area contributed by atoms with E-state index in [4.69, 9.17) is 4.74 Å². The van der Waals surface area contributed by atoms with Crippen LogP contribution in [0.2, 0.25) is 0 Å². The zero-order chi connectivity index (χ0) is 11.4. The van der Waals surface area contributed by atoms with Crippen molar-refractivity contribution in [2.24, 2.45) is 5.92 Å². The van der Waals surface area contributed by atoms with Gasteiger partial charge in [0.15, 0.2) is 0 Å². The Morgan fingerprint density at radius 1 is 1.56 bits per heavy atom. The second-order valence-electron chi connectivity index (χ2n) is 4.21. The van der Waals surface area contributed by atoms with Crippen molar-refractivity contribution >= 4 is 21.7 Å². The third kappa shape index (κ3) is 3.19. The number of aromatic nitrogens is 1. The summed E-state index contributed by atoms with van der Waals surface area (Å²) in [5.74, 6) is 1.68. The van der Waals surface area contributed by atoms with Gasteiger partial charge in [-0.15, -0.1) is 0 Å². The Kier molecular flexibility index (Phi) is 4.18. The van der Waals surface area contributed by atoms with E-state index >= 15 is 0 Å². The molecule has 16 heavy (non-hydrogen) atoms. The third-order valence-electron chi connectivity index (χ3n) is 2.90. The molecule has 3 nitrogen and oxygen atoms in total. The highest BCUT2D eigenvalue weighted by atomic mass is 79.9. The molecule has 2 rings (SSSR count). The SMILES string of the molecule is Cc1nc(NCCC2CCOC2)ccc1Br. The number of hydrogen-bond donors (Lipinski definition) is 1. The summed E-state index contributed by atoms with van der Waals surface area (Å²) >= 11 is 3.44. The third-order valence-corrected chi connectivity index (χ3v) is 3.74. The zero-order valence-corrected chi connectivity index (χ0v) is 11.1. The number of ether oxygens (including phenoxy) is 1. The van der Waals surface area contributed by atoms with E-state index in [-0.39, 0.29) is 0 Å². The molecule has 1 aromatic rings. The number of anilines is 1. The first-order valence-electron chi connectivity index (χ1n) is 5.70. The summed E-state index contributed by atoms with van der Waals surface area (Å²) in [5.41, 5.74) is 1.02. The van der Waals surface area contributed by atoms with Crippen LogP contribution in [0, 0.1) is 12.8 Å². The Bertz CT molecular complexity index is 351. The quantitative estimate of drug-likeness (QED) is 0.923. The maximum atomic E-state index is 5.35. The molecule has 4 heteroatoms. The van der Waals surface area contributed by atoms with Gasteiger partial charge in [0.2, 0.25) is 0 Å². The lowest BCUT2D eigenvalue weighted by atomic mass is 10.1. The van der Waals surface area contributed by atoms with Gasteiger partial charge in [-0.05, 0) is 53.7 Å². The highest BCUT2D eigenvalue weighted by molar-refractivity contribution is 9.10. The van der Waals surface area contributed by atoms with Crippen molar-refractivity contribution in [2.75, 3.05) is 25.1 Å². The fourth-order valence-corrected chi connectivity index (χ4v) is 2.08. The van der Waals surface area contributed by atoms with Gasteiger partial charge < -0.3 is 10.1 Å². The Morgan fingerprint density at radius 2 is 2.44 bits per heavy atom. The van der Waals surface area contributed by atoms with E-state index in [9.17, 15) is 0 Å². The molecule has 1 fully saturated rings. The van der Waals surface area contributed by atoms with Crippen LogP contribution in [0.4, 0.5) is 5.82 Å². The molecule has 1 aliphatic heterocycles. The molecule has 88 valence electrons. The predicted octanol–water partition coefficient (Wildman–Crippen LogP) is 2.99. The van der Waals surface area contributed by atoms with Gasteiger partial charge in [0, 0.05) is 24.2 Å². The average molecular weight is 285 g/mol. The second kappa shape index (κ2) is 5.64. The predicted molar refractivity (Wildman–Crippen MR) is 68.7 cm³/mol. The van der Waals surface area contributed by atoms with Crippen molar-refractivity contribution in [1.29, 1.82) is 0 Å². The molecular weight excluding hydrogens is 268 g/mol. The van der Waals surface area contributed by atoms with Crippen molar-refractivity contribution in [3.05, 3.63) is 22.3 Å². The first kappa shape index (κ1) is 11.9. The van der Waals surface area contributed by atoms with E-state index in [0.717, 1.165) is 48.1 Å². The van der Waals surface area contributed by atoms with Crippen molar-refractivity contribution in [2.45, 2.75) is 19.8 Å². The minimum absolute atomic E-state index is 0.726. The zero-order valence-electron chi connectivity index (χ0n) is 9.50. The molecule has 0 radical (unpaired) electrons. The molecule has 0 aromatic carbocycles. The number of nitrogens with one attached hydrogen (secondary N) is 1. The van der Waals surface area contributed by atoms with E-state index in [1.807, 2.05) is 19.1 Å². The second-order valence-corrected chi connectivity index (χ2v) is 5.06. The van der Waals surface area contributed by atoms with Crippen LogP contribution in [0.5, 0.6) is 0 Å². The Balaban J connectivity index is 1.78. The molecule has 0 amide bonds. The summed E-state index contributed by atoms with van der Waals surface area (Å²) < 4.78 is 6.40. The first-order chi connectivity index (χ1) is 7.75. The van der Waals surface area contributed by atoms with Gasteiger partial charge >= 0.3 is 0 Å². The van der Waals surface area contributed by atoms with Crippen LogP contribution in [0.15, 0.2) is 16.6 Å². The van der Waals surface area contributed by atoms with Crippen molar-refractivity contribution in [3.63, 3.8) is 0 Å². The summed E-state index contributed by atoms with van der Waals surface area (Å²) in [5, 5.41) is 3.35. The standard InChI is InChI=1S/C12H17BrN2O/c1-9-11(13)2-3-12(15-9)14-6-4-10-5-7-16-8-10/h2-3,10H,4-8H2,1H3,(H,14,15). The van der Waals surface area contributed by atoms with Crippen LogP contribution in [0.3, 0.4) is 0 Å². The lowest BCUT2D eigenvalue weighted by Crippen LogP contribution is -2.10. The van der Waals surface area contributed by atoms with Crippen LogP contribution < -0.4 is 5.32 Å². The minimum Gasteiger partial charge on any atom is -0.381 e. The summed E-state index contributed by atoms with van der Waals surface area (Å²) in [4.78, 5) is 4.45. The number of rotatable bonds is 4. The smallest absolute Gasteiger partial charge is 0.126 e. The molecule has 1 aromatic heterocycles. The van der Waals surface area contributed by atoms with E-state index in [0.29, 0.717) is 0 Å². The monoisotopic (exact) mass is 284 g/mol. The van der Waals surface area contributed by atoms with E-state index in [1.54, 1.807) is 0 Å². The minimum atomic E-state index is 0.726. The molecule has 0 saturated carbocycles. The van der Waals surface area contributed by atoms with Crippen molar-refractivity contribution in [3.8, 4) is 0 Å². The highest BCUT2D eigenvalue weighted by Crippen LogP contribution is 2.18. The fraction of sp³-hybridized carbons (Fsp3) is 0.583. The topological polar surface area (TPSA) is 34.2 Å². The van der Waals surface area contributed by atoms with Gasteiger partial charge in [-0.2, -0.15) is 0 Å². The van der Waals surface area contributed by atoms with Crippen molar-refractivity contribution in [1.82, 2.24) is 4.98 Å². The fourth-order valence-electron chi connectivity index (χ4n) is 1.86. The Morgan fingerprint density at radius 3 is 3.12 bits per heavy atom. The molecule has 2 heterocycles. The Labute approximate surface area is 105 Å². The van der Waals surface area contributed by atoms with Gasteiger partial charge in [0.25, 0.3) is 0 Å². The Hall–Kier alpha value is -0.610. The molecule has 1 N–H and O–H groups in total.